The van der Waals surface area contributed by atoms with Crippen LogP contribution in [0.2, 0.25) is 0 Å². The lowest BCUT2D eigenvalue weighted by atomic mass is 9.39. The topological polar surface area (TPSA) is 591 Å². The van der Waals surface area contributed by atoms with Crippen molar-refractivity contribution in [3.8, 4) is 0 Å². The highest BCUT2D eigenvalue weighted by atomic mass is 16.7. The Labute approximate surface area is 574 Å². The third-order valence-corrected chi connectivity index (χ3v) is 21.7. The lowest BCUT2D eigenvalue weighted by Gasteiger charge is -2.66. The second-order valence-electron chi connectivity index (χ2n) is 28.7. The maximum atomic E-state index is 11.8. The summed E-state index contributed by atoms with van der Waals surface area (Å²) in [5.74, 6) is -12.0. The molecule has 0 bridgehead atoms. The molecule has 1 heterocycles. The van der Waals surface area contributed by atoms with Gasteiger partial charge in [0, 0.05) is 63.9 Å². The van der Waals surface area contributed by atoms with E-state index in [0.29, 0.717) is 25.7 Å². The van der Waals surface area contributed by atoms with Crippen LogP contribution in [0.5, 0.6) is 0 Å². The van der Waals surface area contributed by atoms with E-state index in [1.165, 1.54) is 13.8 Å². The monoisotopic (exact) mass is 1430 g/mol. The zero-order valence-electron chi connectivity index (χ0n) is 57.3. The molecule has 33 heteroatoms. The van der Waals surface area contributed by atoms with Crippen molar-refractivity contribution in [3.63, 3.8) is 0 Å². The van der Waals surface area contributed by atoms with Crippen LogP contribution in [0.15, 0.2) is 69.2 Å². The summed E-state index contributed by atoms with van der Waals surface area (Å²) in [7, 11) is 0. The molecule has 0 radical (unpaired) electrons. The van der Waals surface area contributed by atoms with E-state index in [2.05, 4.69) is 33.8 Å². The van der Waals surface area contributed by atoms with E-state index in [-0.39, 0.29) is 46.3 Å². The summed E-state index contributed by atoms with van der Waals surface area (Å²) in [4.78, 5) is 0. The molecule has 0 aromatic heterocycles. The summed E-state index contributed by atoms with van der Waals surface area (Å²) >= 11 is 0. The first-order valence-corrected chi connectivity index (χ1v) is 33.5. The largest absolute Gasteiger partial charge is 0.506 e. The fourth-order valence-electron chi connectivity index (χ4n) is 15.5. The molecule has 99 heavy (non-hydrogen) atoms. The van der Waals surface area contributed by atoms with Gasteiger partial charge in [0.2, 0.25) is 30.9 Å². The molecule has 24 unspecified atom stereocenters. The Morgan fingerprint density at radius 3 is 1.52 bits per heavy atom. The van der Waals surface area contributed by atoms with Gasteiger partial charge in [0.25, 0.3) is 6.29 Å². The third kappa shape index (κ3) is 19.3. The minimum atomic E-state index is -2.64. The van der Waals surface area contributed by atoms with Crippen molar-refractivity contribution in [3.05, 3.63) is 69.2 Å². The molecule has 1 aliphatic heterocycles. The van der Waals surface area contributed by atoms with Crippen molar-refractivity contribution in [2.24, 2.45) is 45.3 Å². The van der Waals surface area contributed by atoms with Crippen LogP contribution in [0, 0.1) is 45.3 Å². The highest BCUT2D eigenvalue weighted by Crippen LogP contribution is 2.75. The van der Waals surface area contributed by atoms with Crippen LogP contribution in [-0.2, 0) is 33.2 Å². The van der Waals surface area contributed by atoms with Crippen molar-refractivity contribution < 1.29 is 166 Å². The minimum Gasteiger partial charge on any atom is -0.506 e. The molecule has 3 saturated carbocycles. The van der Waals surface area contributed by atoms with Gasteiger partial charge >= 0.3 is 0 Å². The molecule has 33 nitrogen and oxygen atoms in total. The van der Waals surface area contributed by atoms with E-state index < -0.39 is 245 Å². The Balaban J connectivity index is 1.37. The average molecular weight is 1430 g/mol. The molecule has 4 aliphatic carbocycles. The number of aliphatic hydroxyl groups is 26. The zero-order chi connectivity index (χ0) is 74.8. The van der Waals surface area contributed by atoms with Crippen molar-refractivity contribution in [2.75, 3.05) is 39.6 Å². The number of hydrogen-bond acceptors (Lipinski definition) is 33. The summed E-state index contributed by atoms with van der Waals surface area (Å²) in [5, 5.41) is 272. The molecule has 574 valence electrons. The second-order valence-corrected chi connectivity index (χ2v) is 28.7. The molecule has 24 atom stereocenters. The molecule has 26 N–H and O–H groups in total. The van der Waals surface area contributed by atoms with E-state index in [9.17, 15) is 123 Å². The van der Waals surface area contributed by atoms with Crippen LogP contribution in [0.4, 0.5) is 0 Å². The molecule has 0 spiro atoms. The Morgan fingerprint density at radius 2 is 1.01 bits per heavy atom. The van der Waals surface area contributed by atoms with Crippen LogP contribution >= 0.6 is 0 Å². The molecule has 1 saturated heterocycles. The van der Waals surface area contributed by atoms with Gasteiger partial charge < -0.3 is 166 Å². The smallest absolute Gasteiger partial charge is 0.259 e. The molecule has 0 aromatic rings. The van der Waals surface area contributed by atoms with E-state index in [4.69, 9.17) is 43.4 Å². The number of rotatable bonds is 38. The van der Waals surface area contributed by atoms with Gasteiger partial charge in [0.1, 0.15) is 54.9 Å². The Hall–Kier alpha value is -4.48. The maximum absolute atomic E-state index is 11.8. The first-order valence-electron chi connectivity index (χ1n) is 33.5. The molecular weight excluding hydrogens is 1320 g/mol. The summed E-state index contributed by atoms with van der Waals surface area (Å²) in [5.41, 5.74) is -2.28. The number of hydrogen-bond donors (Lipinski definition) is 26. The Kier molecular flexibility index (Phi) is 30.8. The molecule has 5 rings (SSSR count). The highest BCUT2D eigenvalue weighted by molar-refractivity contribution is 5.31. The van der Waals surface area contributed by atoms with Gasteiger partial charge in [-0.05, 0) is 112 Å². The first kappa shape index (κ1) is 85.2. The molecule has 5 aliphatic rings. The molecule has 4 fully saturated rings. The van der Waals surface area contributed by atoms with Crippen molar-refractivity contribution >= 4 is 0 Å². The van der Waals surface area contributed by atoms with E-state index in [1.807, 2.05) is 13.8 Å². The maximum Gasteiger partial charge on any atom is 0.259 e. The summed E-state index contributed by atoms with van der Waals surface area (Å²) in [6.45, 7) is 11.7. The van der Waals surface area contributed by atoms with Gasteiger partial charge in [-0.3, -0.25) is 0 Å². The fourth-order valence-corrected chi connectivity index (χ4v) is 15.5. The second kappa shape index (κ2) is 35.8. The van der Waals surface area contributed by atoms with Gasteiger partial charge in [0.05, 0.1) is 31.0 Å². The van der Waals surface area contributed by atoms with Crippen LogP contribution in [0.1, 0.15) is 145 Å². The lowest BCUT2D eigenvalue weighted by molar-refractivity contribution is -0.348. The predicted octanol–water partition coefficient (Wildman–Crippen LogP) is 0.827. The van der Waals surface area contributed by atoms with Gasteiger partial charge in [-0.15, -0.1) is 0 Å². The highest BCUT2D eigenvalue weighted by Gasteiger charge is 2.68. The van der Waals surface area contributed by atoms with Crippen LogP contribution in [0.25, 0.3) is 0 Å². The van der Waals surface area contributed by atoms with E-state index in [0.717, 1.165) is 31.3 Å². The average Bonchev–Trinajstić information content (AvgIpc) is 1.66. The lowest BCUT2D eigenvalue weighted by Crippen LogP contribution is -2.62. The summed E-state index contributed by atoms with van der Waals surface area (Å²) < 4.78 is 39.9. The number of fused-ring (bicyclic) bond motifs is 5. The number of aliphatic hydroxyl groups excluding tert-OH is 25. The standard InChI is InChI=1S/C66H112O33/c1-30(9-13-42(63(4,5)92)97-61-55(99-59(90)53(86)46(79)37(74)19-27-70)49(82)48(81)39(95-61)29-94-57(88)51(84)44(77)35(72)17-25-68)31-15-21-66(8)40-12-10-32-33(64(40,6)22-23-65(31,66)7)11-14-41(62(32,2)3)96-60(91)54(98-58(89)52(85)45(78)36(73)18-26-69)47(80)38(75)20-28-93-56(87)50(83)43(76)34(71)16-24-67/h10,30-31,33-42,48-49,55-61,67-92H,9,11-29H2,1-8H3/b50-43-,51-44+,52-45+,53-46+,54-47-. The van der Waals surface area contributed by atoms with Gasteiger partial charge in [-0.2, -0.15) is 0 Å². The number of ether oxygens (including phenoxy) is 7. The Morgan fingerprint density at radius 1 is 0.525 bits per heavy atom. The van der Waals surface area contributed by atoms with Crippen molar-refractivity contribution in [1.29, 1.82) is 0 Å². The van der Waals surface area contributed by atoms with Gasteiger partial charge in [0.15, 0.2) is 58.1 Å². The quantitative estimate of drug-likeness (QED) is 0.0231. The Bertz CT molecular complexity index is 2780. The predicted molar refractivity (Wildman–Crippen MR) is 342 cm³/mol. The van der Waals surface area contributed by atoms with E-state index >= 15 is 0 Å². The normalized spacial score (nSPS) is 32.9. The zero-order valence-corrected chi connectivity index (χ0v) is 57.3. The fraction of sp³-hybridized carbons (Fsp3) is 0.818. The van der Waals surface area contributed by atoms with Crippen LogP contribution < -0.4 is 0 Å². The van der Waals surface area contributed by atoms with Crippen molar-refractivity contribution in [1.82, 2.24) is 0 Å². The molecular formula is C66H112O33. The SMILES string of the molecule is CC(CCC(OC1OC(COC(O)/C(O)=C(\O)C(O)CCO)C(O)C(O)C1OC(O)/C(O)=C(\O)C(O)CCO)C(C)(C)O)C1CCC2(C)C3CC=C4C(CCC(OC(O)/C(OC(O)/C(O)=C(\O)C(O)CCO)=C(/O)C(O)CCOC(O)/C(O)=C(/O)C(O)CCO)C4(C)C)C3(C)CCC12C. The molecule has 0 aromatic carbocycles. The molecule has 0 amide bonds. The third-order valence-electron chi connectivity index (χ3n) is 21.7. The van der Waals surface area contributed by atoms with Gasteiger partial charge in [-0.25, -0.2) is 0 Å². The van der Waals surface area contributed by atoms with Gasteiger partial charge in [-0.1, -0.05) is 53.2 Å². The first-order chi connectivity index (χ1) is 46.1. The van der Waals surface area contributed by atoms with E-state index in [1.54, 1.807) is 0 Å². The summed E-state index contributed by atoms with van der Waals surface area (Å²) in [6.07, 6.45) is -28.2. The van der Waals surface area contributed by atoms with Crippen molar-refractivity contribution in [2.45, 2.75) is 256 Å². The van der Waals surface area contributed by atoms with Crippen LogP contribution in [-0.4, -0.2) is 283 Å². The summed E-state index contributed by atoms with van der Waals surface area (Å²) in [6, 6.07) is 0. The van der Waals surface area contributed by atoms with Crippen LogP contribution in [0.3, 0.4) is 0 Å². The minimum absolute atomic E-state index is 0.00176. The number of allylic oxidation sites excluding steroid dienone is 1.